The molecule has 1 aromatic heterocycles. The number of aromatic nitrogens is 1. The fourth-order valence-corrected chi connectivity index (χ4v) is 2.02. The van der Waals surface area contributed by atoms with Gasteiger partial charge < -0.3 is 5.32 Å². The van der Waals surface area contributed by atoms with Crippen LogP contribution >= 0.6 is 11.3 Å². The van der Waals surface area contributed by atoms with Crippen LogP contribution in [0.15, 0.2) is 35.7 Å². The molecule has 16 heavy (non-hydrogen) atoms. The highest BCUT2D eigenvalue weighted by molar-refractivity contribution is 7.14. The van der Waals surface area contributed by atoms with Crippen molar-refractivity contribution >= 4 is 22.4 Å². The Morgan fingerprint density at radius 2 is 2.12 bits per heavy atom. The van der Waals surface area contributed by atoms with Gasteiger partial charge in [0.1, 0.15) is 0 Å². The molecule has 0 saturated carbocycles. The summed E-state index contributed by atoms with van der Waals surface area (Å²) < 4.78 is 0. The number of amides is 1. The van der Waals surface area contributed by atoms with Gasteiger partial charge in [0.15, 0.2) is 5.13 Å². The summed E-state index contributed by atoms with van der Waals surface area (Å²) in [5, 5.41) is 5.35. The van der Waals surface area contributed by atoms with Crippen molar-refractivity contribution in [3.05, 3.63) is 35.7 Å². The molecule has 0 atom stereocenters. The van der Waals surface area contributed by atoms with E-state index in [1.807, 2.05) is 42.6 Å². The van der Waals surface area contributed by atoms with Crippen molar-refractivity contribution in [2.45, 2.75) is 13.3 Å². The molecule has 2 aromatic rings. The monoisotopic (exact) mass is 232 g/mol. The predicted octanol–water partition coefficient (Wildman–Crippen LogP) is 3.16. The van der Waals surface area contributed by atoms with Gasteiger partial charge in [-0.3, -0.25) is 4.79 Å². The van der Waals surface area contributed by atoms with Crippen LogP contribution in [0.3, 0.4) is 0 Å². The van der Waals surface area contributed by atoms with Crippen LogP contribution in [0.2, 0.25) is 0 Å². The summed E-state index contributed by atoms with van der Waals surface area (Å²) in [6.45, 7) is 1.82. The summed E-state index contributed by atoms with van der Waals surface area (Å²) in [5.41, 5.74) is 1.97. The number of carbonyl (C=O) groups is 1. The highest BCUT2D eigenvalue weighted by Crippen LogP contribution is 2.24. The summed E-state index contributed by atoms with van der Waals surface area (Å²) in [6, 6.07) is 9.91. The molecule has 1 N–H and O–H groups in total. The molecule has 0 fully saturated rings. The van der Waals surface area contributed by atoms with Crippen molar-refractivity contribution in [2.24, 2.45) is 0 Å². The average molecular weight is 232 g/mol. The first kappa shape index (κ1) is 10.8. The van der Waals surface area contributed by atoms with E-state index < -0.39 is 0 Å². The molecule has 0 unspecified atom stereocenters. The average Bonchev–Trinajstić information content (AvgIpc) is 2.78. The van der Waals surface area contributed by atoms with Gasteiger partial charge in [-0.05, 0) is 0 Å². The summed E-state index contributed by atoms with van der Waals surface area (Å²) in [7, 11) is 0. The third-order valence-corrected chi connectivity index (χ3v) is 2.90. The molecule has 0 aliphatic heterocycles. The van der Waals surface area contributed by atoms with Gasteiger partial charge in [0.05, 0.1) is 5.69 Å². The number of carbonyl (C=O) groups excluding carboxylic acids is 1. The quantitative estimate of drug-likeness (QED) is 0.883. The predicted molar refractivity (Wildman–Crippen MR) is 66.5 cm³/mol. The van der Waals surface area contributed by atoms with E-state index in [2.05, 4.69) is 10.3 Å². The zero-order chi connectivity index (χ0) is 11.4. The number of hydrogen-bond acceptors (Lipinski definition) is 3. The van der Waals surface area contributed by atoms with Gasteiger partial charge in [-0.1, -0.05) is 37.3 Å². The van der Waals surface area contributed by atoms with E-state index >= 15 is 0 Å². The second kappa shape index (κ2) is 4.90. The van der Waals surface area contributed by atoms with Crippen LogP contribution < -0.4 is 5.32 Å². The van der Waals surface area contributed by atoms with E-state index in [0.29, 0.717) is 11.6 Å². The van der Waals surface area contributed by atoms with Crippen LogP contribution in [-0.2, 0) is 4.79 Å². The largest absolute Gasteiger partial charge is 0.302 e. The maximum Gasteiger partial charge on any atom is 0.225 e. The van der Waals surface area contributed by atoms with Crippen molar-refractivity contribution in [1.82, 2.24) is 4.98 Å². The number of benzene rings is 1. The van der Waals surface area contributed by atoms with Crippen molar-refractivity contribution < 1.29 is 4.79 Å². The number of hydrogen-bond donors (Lipinski definition) is 1. The first-order valence-corrected chi connectivity index (χ1v) is 5.98. The molecule has 0 spiro atoms. The van der Waals surface area contributed by atoms with Crippen molar-refractivity contribution in [2.75, 3.05) is 5.32 Å². The number of thiazole rings is 1. The fraction of sp³-hybridized carbons (Fsp3) is 0.167. The minimum absolute atomic E-state index is 0.00559. The Morgan fingerprint density at radius 1 is 1.38 bits per heavy atom. The molecule has 0 aliphatic carbocycles. The van der Waals surface area contributed by atoms with Crippen LogP contribution in [-0.4, -0.2) is 10.9 Å². The lowest BCUT2D eigenvalue weighted by molar-refractivity contribution is -0.115. The second-order valence-corrected chi connectivity index (χ2v) is 4.16. The first-order valence-electron chi connectivity index (χ1n) is 5.10. The van der Waals surface area contributed by atoms with Crippen molar-refractivity contribution in [1.29, 1.82) is 0 Å². The van der Waals surface area contributed by atoms with Crippen LogP contribution in [0.1, 0.15) is 13.3 Å². The molecule has 3 nitrogen and oxygen atoms in total. The molecular weight excluding hydrogens is 220 g/mol. The maximum absolute atomic E-state index is 11.2. The van der Waals surface area contributed by atoms with Gasteiger partial charge in [-0.25, -0.2) is 4.98 Å². The lowest BCUT2D eigenvalue weighted by atomic mass is 10.2. The molecule has 0 bridgehead atoms. The van der Waals surface area contributed by atoms with Gasteiger partial charge in [0, 0.05) is 17.4 Å². The van der Waals surface area contributed by atoms with Crippen LogP contribution in [0.5, 0.6) is 0 Å². The Hall–Kier alpha value is -1.68. The fourth-order valence-electron chi connectivity index (χ4n) is 1.28. The summed E-state index contributed by atoms with van der Waals surface area (Å²) >= 11 is 1.45. The molecular formula is C12H12N2OS. The minimum atomic E-state index is -0.00559. The van der Waals surface area contributed by atoms with E-state index in [4.69, 9.17) is 0 Å². The lowest BCUT2D eigenvalue weighted by Gasteiger charge is -1.97. The third kappa shape index (κ3) is 2.46. The lowest BCUT2D eigenvalue weighted by Crippen LogP contribution is -2.08. The van der Waals surface area contributed by atoms with Crippen LogP contribution in [0.4, 0.5) is 5.13 Å². The first-order chi connectivity index (χ1) is 7.79. The summed E-state index contributed by atoms with van der Waals surface area (Å²) in [5.74, 6) is -0.00559. The summed E-state index contributed by atoms with van der Waals surface area (Å²) in [6.07, 6.45) is 0.472. The van der Waals surface area contributed by atoms with E-state index in [1.165, 1.54) is 11.3 Å². The van der Waals surface area contributed by atoms with Crippen molar-refractivity contribution in [3.63, 3.8) is 0 Å². The van der Waals surface area contributed by atoms with E-state index in [0.717, 1.165) is 11.3 Å². The highest BCUT2D eigenvalue weighted by Gasteiger charge is 2.05. The van der Waals surface area contributed by atoms with E-state index in [1.54, 1.807) is 0 Å². The highest BCUT2D eigenvalue weighted by atomic mass is 32.1. The molecule has 4 heteroatoms. The SMILES string of the molecule is CCC(=O)Nc1nc(-c2ccccc2)cs1. The van der Waals surface area contributed by atoms with Gasteiger partial charge in [0.25, 0.3) is 0 Å². The Morgan fingerprint density at radius 3 is 2.81 bits per heavy atom. The molecule has 0 radical (unpaired) electrons. The Kier molecular flexibility index (Phi) is 3.31. The third-order valence-electron chi connectivity index (χ3n) is 2.14. The van der Waals surface area contributed by atoms with Crippen LogP contribution in [0.25, 0.3) is 11.3 Å². The number of nitrogens with zero attached hydrogens (tertiary/aromatic N) is 1. The molecule has 2 rings (SSSR count). The zero-order valence-corrected chi connectivity index (χ0v) is 9.75. The van der Waals surface area contributed by atoms with Crippen LogP contribution in [0, 0.1) is 0 Å². The normalized spacial score (nSPS) is 10.1. The van der Waals surface area contributed by atoms with Crippen molar-refractivity contribution in [3.8, 4) is 11.3 Å². The molecule has 1 amide bonds. The zero-order valence-electron chi connectivity index (χ0n) is 8.93. The molecule has 0 saturated heterocycles. The Balaban J connectivity index is 2.17. The Labute approximate surface area is 98.2 Å². The van der Waals surface area contributed by atoms with Gasteiger partial charge >= 0.3 is 0 Å². The van der Waals surface area contributed by atoms with E-state index in [9.17, 15) is 4.79 Å². The molecule has 0 aliphatic rings. The van der Waals surface area contributed by atoms with Gasteiger partial charge in [0.2, 0.25) is 5.91 Å². The standard InChI is InChI=1S/C12H12N2OS/c1-2-11(15)14-12-13-10(8-16-12)9-6-4-3-5-7-9/h3-8H,2H2,1H3,(H,13,14,15). The topological polar surface area (TPSA) is 42.0 Å². The van der Waals surface area contributed by atoms with Gasteiger partial charge in [-0.2, -0.15) is 0 Å². The number of rotatable bonds is 3. The molecule has 82 valence electrons. The van der Waals surface area contributed by atoms with E-state index in [-0.39, 0.29) is 5.91 Å². The number of nitrogens with one attached hydrogen (secondary N) is 1. The maximum atomic E-state index is 11.2. The summed E-state index contributed by atoms with van der Waals surface area (Å²) in [4.78, 5) is 15.5. The Bertz CT molecular complexity index is 479. The minimum Gasteiger partial charge on any atom is -0.302 e. The second-order valence-electron chi connectivity index (χ2n) is 3.31. The van der Waals surface area contributed by atoms with Gasteiger partial charge in [-0.15, -0.1) is 11.3 Å². The smallest absolute Gasteiger partial charge is 0.225 e. The molecule has 1 heterocycles. The number of anilines is 1. The molecule has 1 aromatic carbocycles.